The molecule has 1 N–H and O–H groups in total. The molecule has 0 spiro atoms. The van der Waals surface area contributed by atoms with Gasteiger partial charge in [-0.2, -0.15) is 5.10 Å². The van der Waals surface area contributed by atoms with Crippen molar-refractivity contribution in [3.05, 3.63) is 30.0 Å². The van der Waals surface area contributed by atoms with E-state index in [0.29, 0.717) is 19.4 Å². The molecule has 4 heteroatoms. The Balaban J connectivity index is 2.30. The molecule has 1 unspecified atom stereocenters. The summed E-state index contributed by atoms with van der Waals surface area (Å²) in [4.78, 5) is 0. The summed E-state index contributed by atoms with van der Waals surface area (Å²) in [5, 5.41) is 16.2. The fourth-order valence-corrected chi connectivity index (χ4v) is 2.34. The Hall–Kier alpha value is -1.39. The summed E-state index contributed by atoms with van der Waals surface area (Å²) < 4.78 is 7.03. The lowest BCUT2D eigenvalue weighted by molar-refractivity contribution is 0.0243. The molecule has 4 nitrogen and oxygen atoms in total. The molecule has 1 atom stereocenters. The molecule has 0 saturated carbocycles. The Kier molecular flexibility index (Phi) is 4.22. The molecule has 0 bridgehead atoms. The maximum absolute atomic E-state index is 10.4. The second kappa shape index (κ2) is 5.72. The second-order valence-corrected chi connectivity index (χ2v) is 5.20. The minimum Gasteiger partial charge on any atom is -0.390 e. The molecule has 0 radical (unpaired) electrons. The van der Waals surface area contributed by atoms with Crippen molar-refractivity contribution >= 4 is 10.9 Å². The molecule has 19 heavy (non-hydrogen) atoms. The minimum absolute atomic E-state index is 0.546. The number of fused-ring (bicyclic) bond motifs is 1. The zero-order valence-electron chi connectivity index (χ0n) is 11.9. The summed E-state index contributed by atoms with van der Waals surface area (Å²) in [5.41, 5.74) is 1.30. The van der Waals surface area contributed by atoms with Crippen LogP contribution in [0.15, 0.2) is 24.3 Å². The van der Waals surface area contributed by atoms with E-state index in [1.807, 2.05) is 23.7 Å². The normalized spacial score (nSPS) is 14.7. The largest absolute Gasteiger partial charge is 0.390 e. The van der Waals surface area contributed by atoms with Crippen LogP contribution in [0.5, 0.6) is 0 Å². The molecule has 104 valence electrons. The number of aromatic nitrogens is 2. The number of rotatable bonds is 6. The van der Waals surface area contributed by atoms with Crippen LogP contribution in [0.2, 0.25) is 0 Å². The van der Waals surface area contributed by atoms with Gasteiger partial charge in [-0.05, 0) is 26.3 Å². The van der Waals surface area contributed by atoms with E-state index in [9.17, 15) is 5.11 Å². The van der Waals surface area contributed by atoms with Gasteiger partial charge in [0.05, 0.1) is 16.8 Å². The highest BCUT2D eigenvalue weighted by Crippen LogP contribution is 2.24. The molecule has 0 fully saturated rings. The summed E-state index contributed by atoms with van der Waals surface area (Å²) in [6.45, 7) is 5.30. The summed E-state index contributed by atoms with van der Waals surface area (Å²) in [5.74, 6) is 0. The maximum Gasteiger partial charge on any atom is 0.0731 e. The number of methoxy groups -OCH3 is 1. The first-order valence-electron chi connectivity index (χ1n) is 6.73. The number of ether oxygens (including phenoxy) is 1. The zero-order valence-corrected chi connectivity index (χ0v) is 11.9. The lowest BCUT2D eigenvalue weighted by Gasteiger charge is -2.21. The summed E-state index contributed by atoms with van der Waals surface area (Å²) in [6.07, 6.45) is 1.15. The van der Waals surface area contributed by atoms with Crippen molar-refractivity contribution in [1.82, 2.24) is 9.78 Å². The van der Waals surface area contributed by atoms with E-state index < -0.39 is 5.60 Å². The highest BCUT2D eigenvalue weighted by atomic mass is 16.5. The smallest absolute Gasteiger partial charge is 0.0731 e. The van der Waals surface area contributed by atoms with Gasteiger partial charge in [-0.15, -0.1) is 0 Å². The molecule has 0 saturated heterocycles. The number of hydrogen-bond acceptors (Lipinski definition) is 3. The van der Waals surface area contributed by atoms with E-state index in [4.69, 9.17) is 4.74 Å². The monoisotopic (exact) mass is 262 g/mol. The van der Waals surface area contributed by atoms with Gasteiger partial charge in [0.2, 0.25) is 0 Å². The van der Waals surface area contributed by atoms with Crippen molar-refractivity contribution in [2.24, 2.45) is 0 Å². The molecule has 2 aromatic rings. The Morgan fingerprint density at radius 1 is 1.37 bits per heavy atom. The van der Waals surface area contributed by atoms with Crippen LogP contribution in [0.1, 0.15) is 26.0 Å². The third kappa shape index (κ3) is 3.14. The quantitative estimate of drug-likeness (QED) is 0.869. The predicted molar refractivity (Wildman–Crippen MR) is 76.2 cm³/mol. The molecular formula is C15H22N2O2. The Morgan fingerprint density at radius 2 is 2.11 bits per heavy atom. The minimum atomic E-state index is -0.786. The molecule has 1 aromatic heterocycles. The fourth-order valence-electron chi connectivity index (χ4n) is 2.34. The van der Waals surface area contributed by atoms with E-state index in [1.54, 1.807) is 7.11 Å². The lowest BCUT2D eigenvalue weighted by Crippen LogP contribution is -2.29. The summed E-state index contributed by atoms with van der Waals surface area (Å²) in [6, 6.07) is 8.16. The van der Waals surface area contributed by atoms with Crippen LogP contribution in [0.25, 0.3) is 10.9 Å². The van der Waals surface area contributed by atoms with Crippen molar-refractivity contribution in [3.8, 4) is 0 Å². The average Bonchev–Trinajstić information content (AvgIpc) is 2.74. The van der Waals surface area contributed by atoms with Crippen molar-refractivity contribution in [3.63, 3.8) is 0 Å². The van der Waals surface area contributed by atoms with Crippen LogP contribution >= 0.6 is 0 Å². The highest BCUT2D eigenvalue weighted by Gasteiger charge is 2.23. The van der Waals surface area contributed by atoms with E-state index in [0.717, 1.165) is 23.1 Å². The zero-order chi connectivity index (χ0) is 13.9. The first-order valence-corrected chi connectivity index (χ1v) is 6.73. The van der Waals surface area contributed by atoms with E-state index in [1.165, 1.54) is 0 Å². The van der Waals surface area contributed by atoms with Crippen molar-refractivity contribution in [2.45, 2.75) is 38.8 Å². The van der Waals surface area contributed by atoms with Crippen molar-refractivity contribution < 1.29 is 9.84 Å². The van der Waals surface area contributed by atoms with E-state index in [2.05, 4.69) is 24.2 Å². The number of aliphatic hydroxyl groups is 1. The van der Waals surface area contributed by atoms with Crippen LogP contribution < -0.4 is 0 Å². The third-order valence-corrected chi connectivity index (χ3v) is 3.43. The number of hydrogen-bond donors (Lipinski definition) is 1. The Labute approximate surface area is 114 Å². The molecule has 2 rings (SSSR count). The van der Waals surface area contributed by atoms with Crippen LogP contribution in [0.3, 0.4) is 0 Å². The fraction of sp³-hybridized carbons (Fsp3) is 0.533. The van der Waals surface area contributed by atoms with Gasteiger partial charge in [-0.1, -0.05) is 18.2 Å². The van der Waals surface area contributed by atoms with E-state index in [-0.39, 0.29) is 0 Å². The Bertz CT molecular complexity index is 546. The van der Waals surface area contributed by atoms with Gasteiger partial charge in [0, 0.05) is 32.1 Å². The first kappa shape index (κ1) is 14.0. The Morgan fingerprint density at radius 3 is 2.79 bits per heavy atom. The predicted octanol–water partition coefficient (Wildman–Crippen LogP) is 2.39. The van der Waals surface area contributed by atoms with Gasteiger partial charge in [-0.3, -0.25) is 4.68 Å². The van der Waals surface area contributed by atoms with Gasteiger partial charge in [0.1, 0.15) is 0 Å². The van der Waals surface area contributed by atoms with Crippen LogP contribution in [0, 0.1) is 0 Å². The standard InChI is InChI=1S/C15H22N2O2/c1-4-17-14-8-6-5-7-12(14)13(16-17)11-15(2,18)9-10-19-3/h5-8,18H,4,9-11H2,1-3H3. The molecule has 0 aliphatic carbocycles. The molecule has 0 amide bonds. The second-order valence-electron chi connectivity index (χ2n) is 5.20. The van der Waals surface area contributed by atoms with Crippen molar-refractivity contribution in [1.29, 1.82) is 0 Å². The van der Waals surface area contributed by atoms with Gasteiger partial charge in [0.15, 0.2) is 0 Å². The van der Waals surface area contributed by atoms with Crippen LogP contribution in [-0.4, -0.2) is 34.2 Å². The number of para-hydroxylation sites is 1. The molecular weight excluding hydrogens is 240 g/mol. The highest BCUT2D eigenvalue weighted by molar-refractivity contribution is 5.82. The average molecular weight is 262 g/mol. The number of nitrogens with zero attached hydrogens (tertiary/aromatic N) is 2. The number of aryl methyl sites for hydroxylation is 1. The lowest BCUT2D eigenvalue weighted by atomic mass is 9.95. The number of benzene rings is 1. The van der Waals surface area contributed by atoms with Gasteiger partial charge < -0.3 is 9.84 Å². The molecule has 0 aliphatic heterocycles. The van der Waals surface area contributed by atoms with Crippen LogP contribution in [-0.2, 0) is 17.7 Å². The third-order valence-electron chi connectivity index (χ3n) is 3.43. The molecule has 0 aliphatic rings. The topological polar surface area (TPSA) is 47.3 Å². The molecule has 1 heterocycles. The summed E-state index contributed by atoms with van der Waals surface area (Å²) >= 11 is 0. The molecule has 1 aromatic carbocycles. The van der Waals surface area contributed by atoms with Crippen LogP contribution in [0.4, 0.5) is 0 Å². The van der Waals surface area contributed by atoms with Gasteiger partial charge in [-0.25, -0.2) is 0 Å². The van der Waals surface area contributed by atoms with E-state index >= 15 is 0 Å². The summed E-state index contributed by atoms with van der Waals surface area (Å²) in [7, 11) is 1.65. The van der Waals surface area contributed by atoms with Gasteiger partial charge in [0.25, 0.3) is 0 Å². The SMILES string of the molecule is CCn1nc(CC(C)(O)CCOC)c2ccccc21. The van der Waals surface area contributed by atoms with Gasteiger partial charge >= 0.3 is 0 Å². The van der Waals surface area contributed by atoms with Crippen molar-refractivity contribution in [2.75, 3.05) is 13.7 Å². The maximum atomic E-state index is 10.4. The first-order chi connectivity index (χ1) is 9.07.